The zero-order chi connectivity index (χ0) is 11.5. The van der Waals surface area contributed by atoms with Gasteiger partial charge in [-0.3, -0.25) is 4.79 Å². The standard InChI is InChI=1S/C11H8BrClN2O/c12-9-6-14-10(15-11(9)16)5-7-1-3-8(13)4-2-7/h1-4,6H,5H2,(H,14,15,16). The van der Waals surface area contributed by atoms with Crippen LogP contribution in [0.15, 0.2) is 39.7 Å². The van der Waals surface area contributed by atoms with Crippen molar-refractivity contribution < 1.29 is 0 Å². The van der Waals surface area contributed by atoms with Crippen molar-refractivity contribution >= 4 is 27.5 Å². The molecule has 0 saturated heterocycles. The molecule has 82 valence electrons. The first-order valence-electron chi connectivity index (χ1n) is 4.63. The van der Waals surface area contributed by atoms with Gasteiger partial charge in [-0.15, -0.1) is 0 Å². The van der Waals surface area contributed by atoms with Crippen molar-refractivity contribution in [1.29, 1.82) is 0 Å². The first-order valence-corrected chi connectivity index (χ1v) is 5.80. The van der Waals surface area contributed by atoms with E-state index in [-0.39, 0.29) is 5.56 Å². The van der Waals surface area contributed by atoms with E-state index in [0.29, 0.717) is 21.7 Å². The van der Waals surface area contributed by atoms with Crippen LogP contribution in [0.3, 0.4) is 0 Å². The van der Waals surface area contributed by atoms with Crippen LogP contribution in [0.1, 0.15) is 11.4 Å². The highest BCUT2D eigenvalue weighted by Gasteiger charge is 2.01. The molecule has 2 aromatic rings. The van der Waals surface area contributed by atoms with Crippen molar-refractivity contribution in [2.75, 3.05) is 0 Å². The van der Waals surface area contributed by atoms with Gasteiger partial charge in [0.1, 0.15) is 10.3 Å². The van der Waals surface area contributed by atoms with Gasteiger partial charge in [0.15, 0.2) is 0 Å². The van der Waals surface area contributed by atoms with Crippen molar-refractivity contribution in [3.63, 3.8) is 0 Å². The van der Waals surface area contributed by atoms with Crippen LogP contribution in [0.5, 0.6) is 0 Å². The second-order valence-electron chi connectivity index (χ2n) is 3.31. The van der Waals surface area contributed by atoms with E-state index in [0.717, 1.165) is 5.56 Å². The SMILES string of the molecule is O=c1[nH]c(Cc2ccc(Cl)cc2)ncc1Br. The Kier molecular flexibility index (Phi) is 3.41. The molecule has 0 spiro atoms. The number of benzene rings is 1. The Morgan fingerprint density at radius 2 is 2.00 bits per heavy atom. The van der Waals surface area contributed by atoms with Gasteiger partial charge < -0.3 is 4.98 Å². The lowest BCUT2D eigenvalue weighted by atomic mass is 10.1. The van der Waals surface area contributed by atoms with Gasteiger partial charge in [0.25, 0.3) is 5.56 Å². The minimum absolute atomic E-state index is 0.168. The lowest BCUT2D eigenvalue weighted by molar-refractivity contribution is 0.938. The fourth-order valence-electron chi connectivity index (χ4n) is 1.30. The molecule has 1 aromatic carbocycles. The Labute approximate surface area is 106 Å². The summed E-state index contributed by atoms with van der Waals surface area (Å²) in [6.45, 7) is 0. The number of aromatic nitrogens is 2. The molecular formula is C11H8BrClN2O. The quantitative estimate of drug-likeness (QED) is 0.927. The minimum Gasteiger partial charge on any atom is -0.309 e. The summed E-state index contributed by atoms with van der Waals surface area (Å²) in [6, 6.07) is 7.44. The third kappa shape index (κ3) is 2.71. The van der Waals surface area contributed by atoms with Crippen molar-refractivity contribution in [3.05, 3.63) is 61.7 Å². The Balaban J connectivity index is 2.24. The smallest absolute Gasteiger partial charge is 0.265 e. The molecule has 0 saturated carbocycles. The molecule has 0 aliphatic carbocycles. The molecule has 1 aromatic heterocycles. The van der Waals surface area contributed by atoms with Gasteiger partial charge in [0.2, 0.25) is 0 Å². The van der Waals surface area contributed by atoms with E-state index in [2.05, 4.69) is 25.9 Å². The number of hydrogen-bond donors (Lipinski definition) is 1. The topological polar surface area (TPSA) is 45.8 Å². The molecule has 0 unspecified atom stereocenters. The maximum atomic E-state index is 11.3. The van der Waals surface area contributed by atoms with Crippen LogP contribution < -0.4 is 5.56 Å². The zero-order valence-electron chi connectivity index (χ0n) is 8.21. The molecule has 3 nitrogen and oxygen atoms in total. The fourth-order valence-corrected chi connectivity index (χ4v) is 1.63. The van der Waals surface area contributed by atoms with Gasteiger partial charge in [-0.25, -0.2) is 4.98 Å². The predicted molar refractivity (Wildman–Crippen MR) is 66.8 cm³/mol. The minimum atomic E-state index is -0.168. The molecule has 0 aliphatic rings. The number of nitrogens with one attached hydrogen (secondary N) is 1. The fraction of sp³-hybridized carbons (Fsp3) is 0.0909. The molecule has 0 radical (unpaired) electrons. The Hall–Kier alpha value is -1.13. The maximum absolute atomic E-state index is 11.3. The first-order chi connectivity index (χ1) is 7.65. The number of hydrogen-bond acceptors (Lipinski definition) is 2. The number of halogens is 2. The van der Waals surface area contributed by atoms with Crippen LogP contribution in [0.4, 0.5) is 0 Å². The van der Waals surface area contributed by atoms with E-state index in [1.54, 1.807) is 0 Å². The number of rotatable bonds is 2. The summed E-state index contributed by atoms with van der Waals surface area (Å²) in [5.41, 5.74) is 0.883. The van der Waals surface area contributed by atoms with Crippen LogP contribution >= 0.6 is 27.5 Å². The monoisotopic (exact) mass is 298 g/mol. The van der Waals surface area contributed by atoms with E-state index in [1.807, 2.05) is 24.3 Å². The largest absolute Gasteiger partial charge is 0.309 e. The van der Waals surface area contributed by atoms with E-state index in [9.17, 15) is 4.79 Å². The van der Waals surface area contributed by atoms with Gasteiger partial charge in [-0.05, 0) is 33.6 Å². The van der Waals surface area contributed by atoms with Crippen LogP contribution in [-0.4, -0.2) is 9.97 Å². The molecule has 1 heterocycles. The van der Waals surface area contributed by atoms with Crippen molar-refractivity contribution in [1.82, 2.24) is 9.97 Å². The zero-order valence-corrected chi connectivity index (χ0v) is 10.5. The third-order valence-electron chi connectivity index (χ3n) is 2.09. The van der Waals surface area contributed by atoms with Crippen molar-refractivity contribution in [2.45, 2.75) is 6.42 Å². The number of H-pyrrole nitrogens is 1. The van der Waals surface area contributed by atoms with E-state index in [1.165, 1.54) is 6.20 Å². The van der Waals surface area contributed by atoms with Crippen LogP contribution in [0.25, 0.3) is 0 Å². The lowest BCUT2D eigenvalue weighted by Crippen LogP contribution is -2.11. The van der Waals surface area contributed by atoms with Crippen LogP contribution in [0, 0.1) is 0 Å². The molecule has 0 aliphatic heterocycles. The normalized spacial score (nSPS) is 10.4. The average Bonchev–Trinajstić information content (AvgIpc) is 2.27. The Bertz CT molecular complexity index is 551. The van der Waals surface area contributed by atoms with E-state index < -0.39 is 0 Å². The summed E-state index contributed by atoms with van der Waals surface area (Å²) in [6.07, 6.45) is 2.09. The van der Waals surface area contributed by atoms with Crippen molar-refractivity contribution in [3.8, 4) is 0 Å². The third-order valence-corrected chi connectivity index (χ3v) is 2.91. The van der Waals surface area contributed by atoms with E-state index >= 15 is 0 Å². The molecule has 0 atom stereocenters. The van der Waals surface area contributed by atoms with Gasteiger partial charge in [0, 0.05) is 17.6 Å². The summed E-state index contributed by atoms with van der Waals surface area (Å²) in [4.78, 5) is 18.1. The lowest BCUT2D eigenvalue weighted by Gasteiger charge is -2.01. The van der Waals surface area contributed by atoms with Crippen LogP contribution in [-0.2, 0) is 6.42 Å². The molecule has 16 heavy (non-hydrogen) atoms. The average molecular weight is 300 g/mol. The van der Waals surface area contributed by atoms with Crippen molar-refractivity contribution in [2.24, 2.45) is 0 Å². The molecule has 0 amide bonds. The molecular weight excluding hydrogens is 291 g/mol. The predicted octanol–water partition coefficient (Wildman–Crippen LogP) is 2.78. The second-order valence-corrected chi connectivity index (χ2v) is 4.60. The van der Waals surface area contributed by atoms with Gasteiger partial charge >= 0.3 is 0 Å². The molecule has 5 heteroatoms. The summed E-state index contributed by atoms with van der Waals surface area (Å²) < 4.78 is 0.437. The van der Waals surface area contributed by atoms with Crippen LogP contribution in [0.2, 0.25) is 5.02 Å². The van der Waals surface area contributed by atoms with E-state index in [4.69, 9.17) is 11.6 Å². The second kappa shape index (κ2) is 4.80. The number of nitrogens with zero attached hydrogens (tertiary/aromatic N) is 1. The summed E-state index contributed by atoms with van der Waals surface area (Å²) in [5.74, 6) is 0.635. The Morgan fingerprint density at radius 1 is 1.31 bits per heavy atom. The maximum Gasteiger partial charge on any atom is 0.265 e. The molecule has 0 fully saturated rings. The molecule has 1 N–H and O–H groups in total. The summed E-state index contributed by atoms with van der Waals surface area (Å²) in [7, 11) is 0. The highest BCUT2D eigenvalue weighted by Crippen LogP contribution is 2.11. The Morgan fingerprint density at radius 3 is 2.62 bits per heavy atom. The highest BCUT2D eigenvalue weighted by molar-refractivity contribution is 9.10. The summed E-state index contributed by atoms with van der Waals surface area (Å²) >= 11 is 8.88. The molecule has 2 rings (SSSR count). The highest BCUT2D eigenvalue weighted by atomic mass is 79.9. The number of aromatic amines is 1. The molecule has 0 bridgehead atoms. The first kappa shape index (κ1) is 11.4. The van der Waals surface area contributed by atoms with Gasteiger partial charge in [-0.1, -0.05) is 23.7 Å². The van der Waals surface area contributed by atoms with Gasteiger partial charge in [0.05, 0.1) is 0 Å². The van der Waals surface area contributed by atoms with Gasteiger partial charge in [-0.2, -0.15) is 0 Å². The summed E-state index contributed by atoms with van der Waals surface area (Å²) in [5, 5.41) is 0.695.